The zero-order valence-electron chi connectivity index (χ0n) is 15.7. The molecule has 0 unspecified atom stereocenters. The maximum atomic E-state index is 13.1. The van der Waals surface area contributed by atoms with E-state index in [1.165, 1.54) is 36.0 Å². The second-order valence-corrected chi connectivity index (χ2v) is 7.45. The summed E-state index contributed by atoms with van der Waals surface area (Å²) in [5, 5.41) is 9.32. The maximum absolute atomic E-state index is 13.1. The van der Waals surface area contributed by atoms with E-state index in [0.717, 1.165) is 22.7 Å². The van der Waals surface area contributed by atoms with E-state index in [2.05, 4.69) is 10.2 Å². The third kappa shape index (κ3) is 4.30. The normalized spacial score (nSPS) is 11.0. The number of ketones is 1. The predicted molar refractivity (Wildman–Crippen MR) is 109 cm³/mol. The van der Waals surface area contributed by atoms with Gasteiger partial charge in [0.15, 0.2) is 16.8 Å². The SMILES string of the molecule is Cc1ccccc1-c1nnc(SCC(=O)c2ccc(F)cc2)n1Cc1ccco1. The minimum atomic E-state index is -0.365. The van der Waals surface area contributed by atoms with Gasteiger partial charge in [0, 0.05) is 11.1 Å². The lowest BCUT2D eigenvalue weighted by Crippen LogP contribution is -2.07. The molecule has 0 saturated carbocycles. The van der Waals surface area contributed by atoms with Crippen LogP contribution < -0.4 is 0 Å². The number of rotatable bonds is 7. The summed E-state index contributed by atoms with van der Waals surface area (Å²) < 4.78 is 20.5. The van der Waals surface area contributed by atoms with Crippen LogP contribution >= 0.6 is 11.8 Å². The molecule has 0 spiro atoms. The molecule has 0 aliphatic carbocycles. The smallest absolute Gasteiger partial charge is 0.192 e. The van der Waals surface area contributed by atoms with Crippen LogP contribution in [0, 0.1) is 12.7 Å². The van der Waals surface area contributed by atoms with Crippen LogP contribution in [0.5, 0.6) is 0 Å². The largest absolute Gasteiger partial charge is 0.467 e. The second kappa shape index (κ2) is 8.45. The molecular weight excluding hydrogens is 389 g/mol. The van der Waals surface area contributed by atoms with Crippen molar-refractivity contribution >= 4 is 17.5 Å². The number of furan rings is 1. The van der Waals surface area contributed by atoms with Crippen molar-refractivity contribution in [2.24, 2.45) is 0 Å². The monoisotopic (exact) mass is 407 g/mol. The van der Waals surface area contributed by atoms with Gasteiger partial charge in [-0.1, -0.05) is 36.0 Å². The minimum absolute atomic E-state index is 0.0972. The number of carbonyl (C=O) groups excluding carboxylic acids is 1. The molecule has 0 aliphatic rings. The molecule has 29 heavy (non-hydrogen) atoms. The maximum Gasteiger partial charge on any atom is 0.192 e. The van der Waals surface area contributed by atoms with E-state index in [1.807, 2.05) is 47.9 Å². The van der Waals surface area contributed by atoms with Crippen LogP contribution in [0.2, 0.25) is 0 Å². The van der Waals surface area contributed by atoms with E-state index in [-0.39, 0.29) is 17.4 Å². The fourth-order valence-corrected chi connectivity index (χ4v) is 3.80. The van der Waals surface area contributed by atoms with Crippen LogP contribution in [-0.2, 0) is 6.54 Å². The van der Waals surface area contributed by atoms with Gasteiger partial charge in [-0.25, -0.2) is 4.39 Å². The van der Waals surface area contributed by atoms with E-state index in [1.54, 1.807) is 6.26 Å². The number of aromatic nitrogens is 3. The van der Waals surface area contributed by atoms with Gasteiger partial charge >= 0.3 is 0 Å². The average Bonchev–Trinajstić information content (AvgIpc) is 3.38. The van der Waals surface area contributed by atoms with Gasteiger partial charge in [-0.05, 0) is 48.9 Å². The summed E-state index contributed by atoms with van der Waals surface area (Å²) in [6, 6.07) is 17.2. The molecule has 0 saturated heterocycles. The zero-order valence-corrected chi connectivity index (χ0v) is 16.5. The van der Waals surface area contributed by atoms with E-state index in [0.29, 0.717) is 17.3 Å². The van der Waals surface area contributed by atoms with Crippen molar-refractivity contribution in [3.05, 3.63) is 89.6 Å². The van der Waals surface area contributed by atoms with Gasteiger partial charge in [0.2, 0.25) is 0 Å². The number of hydrogen-bond acceptors (Lipinski definition) is 5. The molecule has 0 atom stereocenters. The van der Waals surface area contributed by atoms with Gasteiger partial charge in [0.1, 0.15) is 11.6 Å². The zero-order chi connectivity index (χ0) is 20.2. The Morgan fingerprint density at radius 2 is 1.86 bits per heavy atom. The van der Waals surface area contributed by atoms with Crippen LogP contribution in [0.25, 0.3) is 11.4 Å². The van der Waals surface area contributed by atoms with Crippen LogP contribution in [0.1, 0.15) is 21.7 Å². The van der Waals surface area contributed by atoms with Gasteiger partial charge in [-0.15, -0.1) is 10.2 Å². The molecule has 2 aromatic heterocycles. The van der Waals surface area contributed by atoms with Crippen LogP contribution in [0.4, 0.5) is 4.39 Å². The Hall–Kier alpha value is -3.19. The Kier molecular flexibility index (Phi) is 5.57. The van der Waals surface area contributed by atoms with Crippen molar-refractivity contribution in [2.75, 3.05) is 5.75 Å². The number of halogens is 1. The lowest BCUT2D eigenvalue weighted by Gasteiger charge is -2.10. The fraction of sp³-hybridized carbons (Fsp3) is 0.136. The molecular formula is C22H18FN3O2S. The fourth-order valence-electron chi connectivity index (χ4n) is 2.97. The Morgan fingerprint density at radius 3 is 2.59 bits per heavy atom. The summed E-state index contributed by atoms with van der Waals surface area (Å²) in [5.74, 6) is 1.20. The van der Waals surface area contributed by atoms with E-state index >= 15 is 0 Å². The van der Waals surface area contributed by atoms with Crippen molar-refractivity contribution in [3.63, 3.8) is 0 Å². The lowest BCUT2D eigenvalue weighted by atomic mass is 10.1. The van der Waals surface area contributed by atoms with E-state index in [9.17, 15) is 9.18 Å². The number of Topliss-reactive ketones (excluding diaryl/α,β-unsaturated/α-hetero) is 1. The Morgan fingerprint density at radius 1 is 1.07 bits per heavy atom. The Labute approximate surface area is 171 Å². The van der Waals surface area contributed by atoms with Crippen molar-refractivity contribution in [2.45, 2.75) is 18.6 Å². The summed E-state index contributed by atoms with van der Waals surface area (Å²) in [7, 11) is 0. The third-order valence-corrected chi connectivity index (χ3v) is 5.46. The van der Waals surface area contributed by atoms with E-state index in [4.69, 9.17) is 4.42 Å². The number of benzene rings is 2. The molecule has 0 radical (unpaired) electrons. The summed E-state index contributed by atoms with van der Waals surface area (Å²) >= 11 is 1.30. The van der Waals surface area contributed by atoms with Gasteiger partial charge < -0.3 is 4.42 Å². The Bertz CT molecular complexity index is 1120. The highest BCUT2D eigenvalue weighted by Gasteiger charge is 2.18. The molecule has 0 amide bonds. The van der Waals surface area contributed by atoms with E-state index < -0.39 is 0 Å². The molecule has 4 rings (SSSR count). The van der Waals surface area contributed by atoms with Gasteiger partial charge in [0.25, 0.3) is 0 Å². The molecule has 0 fully saturated rings. The molecule has 5 nitrogen and oxygen atoms in total. The standard InChI is InChI=1S/C22H18FN3O2S/c1-15-5-2-3-7-19(15)21-24-25-22(26(21)13-18-6-4-12-28-18)29-14-20(27)16-8-10-17(23)11-9-16/h2-12H,13-14H2,1H3. The average molecular weight is 407 g/mol. The minimum Gasteiger partial charge on any atom is -0.467 e. The van der Waals surface area contributed by atoms with Gasteiger partial charge in [0.05, 0.1) is 18.6 Å². The molecule has 0 N–H and O–H groups in total. The lowest BCUT2D eigenvalue weighted by molar-refractivity contribution is 0.102. The van der Waals surface area contributed by atoms with Crippen LogP contribution in [-0.4, -0.2) is 26.3 Å². The van der Waals surface area contributed by atoms with Gasteiger partial charge in [-0.3, -0.25) is 9.36 Å². The Balaban J connectivity index is 1.61. The summed E-state index contributed by atoms with van der Waals surface area (Å²) in [5.41, 5.74) is 2.53. The highest BCUT2D eigenvalue weighted by atomic mass is 32.2. The molecule has 2 aromatic carbocycles. The number of aryl methyl sites for hydroxylation is 1. The van der Waals surface area contributed by atoms with Gasteiger partial charge in [-0.2, -0.15) is 0 Å². The number of carbonyl (C=O) groups is 1. The van der Waals surface area contributed by atoms with Crippen LogP contribution in [0.15, 0.2) is 76.5 Å². The molecule has 146 valence electrons. The first-order valence-corrected chi connectivity index (χ1v) is 10.0. The molecule has 4 aromatic rings. The highest BCUT2D eigenvalue weighted by molar-refractivity contribution is 7.99. The highest BCUT2D eigenvalue weighted by Crippen LogP contribution is 2.27. The summed E-state index contributed by atoms with van der Waals surface area (Å²) in [6.07, 6.45) is 1.62. The third-order valence-electron chi connectivity index (χ3n) is 4.50. The molecule has 0 aliphatic heterocycles. The topological polar surface area (TPSA) is 60.9 Å². The van der Waals surface area contributed by atoms with Crippen molar-refractivity contribution in [3.8, 4) is 11.4 Å². The molecule has 2 heterocycles. The number of nitrogens with zero attached hydrogens (tertiary/aromatic N) is 3. The summed E-state index contributed by atoms with van der Waals surface area (Å²) in [6.45, 7) is 2.48. The molecule has 0 bridgehead atoms. The number of hydrogen-bond donors (Lipinski definition) is 0. The quantitative estimate of drug-likeness (QED) is 0.318. The van der Waals surface area contributed by atoms with Crippen molar-refractivity contribution in [1.82, 2.24) is 14.8 Å². The number of thioether (sulfide) groups is 1. The first-order valence-electron chi connectivity index (χ1n) is 9.05. The summed E-state index contributed by atoms with van der Waals surface area (Å²) in [4.78, 5) is 12.5. The van der Waals surface area contributed by atoms with Crippen LogP contribution in [0.3, 0.4) is 0 Å². The first-order chi connectivity index (χ1) is 14.1. The second-order valence-electron chi connectivity index (χ2n) is 6.51. The van der Waals surface area contributed by atoms with Crippen molar-refractivity contribution in [1.29, 1.82) is 0 Å². The predicted octanol–water partition coefficient (Wildman–Crippen LogP) is 5.01. The molecule has 7 heteroatoms. The van der Waals surface area contributed by atoms with Crippen molar-refractivity contribution < 1.29 is 13.6 Å². The first kappa shape index (κ1) is 19.1.